The minimum atomic E-state index is -4.65. The molecular weight excluding hydrogens is 383 g/mol. The fourth-order valence-corrected chi connectivity index (χ4v) is 3.19. The number of rotatable bonds is 5. The summed E-state index contributed by atoms with van der Waals surface area (Å²) in [4.78, 5) is 10.3. The highest BCUT2D eigenvalue weighted by Gasteiger charge is 2.33. The highest BCUT2D eigenvalue weighted by molar-refractivity contribution is 7.98. The van der Waals surface area contributed by atoms with Crippen molar-refractivity contribution in [1.82, 2.24) is 14.9 Å². The lowest BCUT2D eigenvalue weighted by molar-refractivity contribution is -0.385. The number of halogens is 3. The lowest BCUT2D eigenvalue weighted by Gasteiger charge is -2.08. The molecule has 2 aromatic carbocycles. The van der Waals surface area contributed by atoms with Gasteiger partial charge in [0.25, 0.3) is 5.69 Å². The summed E-state index contributed by atoms with van der Waals surface area (Å²) in [6.07, 6.45) is -4.65. The van der Waals surface area contributed by atoms with Crippen LogP contribution < -0.4 is 5.84 Å². The topological polar surface area (TPSA) is 99.9 Å². The van der Waals surface area contributed by atoms with E-state index in [1.807, 2.05) is 18.2 Å². The Bertz CT molecular complexity index is 976. The number of thioether (sulfide) groups is 1. The van der Waals surface area contributed by atoms with Crippen LogP contribution in [0.2, 0.25) is 0 Å². The number of nitro benzene ring substituents is 1. The van der Waals surface area contributed by atoms with Crippen molar-refractivity contribution in [2.45, 2.75) is 17.1 Å². The second kappa shape index (κ2) is 7.27. The SMILES string of the molecule is Nn1c(SCc2ccc(C(F)(F)F)cc2[N+](=O)[O-])nnc1-c1ccccc1. The van der Waals surface area contributed by atoms with Crippen molar-refractivity contribution in [1.29, 1.82) is 0 Å². The van der Waals surface area contributed by atoms with E-state index in [9.17, 15) is 23.3 Å². The molecule has 0 fully saturated rings. The number of alkyl halides is 3. The third-order valence-electron chi connectivity index (χ3n) is 3.66. The van der Waals surface area contributed by atoms with E-state index in [1.165, 1.54) is 4.68 Å². The van der Waals surface area contributed by atoms with Crippen molar-refractivity contribution >= 4 is 17.4 Å². The number of hydrogen-bond acceptors (Lipinski definition) is 6. The highest BCUT2D eigenvalue weighted by Crippen LogP contribution is 2.35. The zero-order valence-corrected chi connectivity index (χ0v) is 14.4. The predicted molar refractivity (Wildman–Crippen MR) is 93.3 cm³/mol. The number of aromatic nitrogens is 3. The molecule has 27 heavy (non-hydrogen) atoms. The van der Waals surface area contributed by atoms with Gasteiger partial charge in [0, 0.05) is 22.9 Å². The third kappa shape index (κ3) is 4.03. The summed E-state index contributed by atoms with van der Waals surface area (Å²) < 4.78 is 39.5. The molecule has 0 aliphatic rings. The van der Waals surface area contributed by atoms with E-state index in [0.29, 0.717) is 11.9 Å². The van der Waals surface area contributed by atoms with Gasteiger partial charge in [-0.1, -0.05) is 48.2 Å². The molecule has 3 aromatic rings. The van der Waals surface area contributed by atoms with Gasteiger partial charge in [-0.05, 0) is 6.07 Å². The molecule has 3 rings (SSSR count). The normalized spacial score (nSPS) is 11.5. The zero-order valence-electron chi connectivity index (χ0n) is 13.6. The van der Waals surface area contributed by atoms with Crippen molar-refractivity contribution in [3.05, 3.63) is 69.8 Å². The molecule has 7 nitrogen and oxygen atoms in total. The Hall–Kier alpha value is -3.08. The molecule has 0 aliphatic carbocycles. The number of hydrogen-bond donors (Lipinski definition) is 1. The van der Waals surface area contributed by atoms with Crippen molar-refractivity contribution in [2.75, 3.05) is 5.84 Å². The van der Waals surface area contributed by atoms with Crippen LogP contribution >= 0.6 is 11.8 Å². The number of nitro groups is 1. The van der Waals surface area contributed by atoms with E-state index >= 15 is 0 Å². The molecule has 0 aliphatic heterocycles. The van der Waals surface area contributed by atoms with Crippen LogP contribution in [-0.4, -0.2) is 19.8 Å². The molecule has 0 spiro atoms. The van der Waals surface area contributed by atoms with Crippen LogP contribution in [0, 0.1) is 10.1 Å². The molecule has 2 N–H and O–H groups in total. The van der Waals surface area contributed by atoms with Gasteiger partial charge >= 0.3 is 6.18 Å². The molecule has 0 saturated heterocycles. The lowest BCUT2D eigenvalue weighted by atomic mass is 10.1. The van der Waals surface area contributed by atoms with E-state index in [0.717, 1.165) is 29.5 Å². The second-order valence-corrected chi connectivity index (χ2v) is 6.37. The fraction of sp³-hybridized carbons (Fsp3) is 0.125. The van der Waals surface area contributed by atoms with E-state index in [2.05, 4.69) is 10.2 Å². The maximum Gasteiger partial charge on any atom is 0.416 e. The Morgan fingerprint density at radius 2 is 1.85 bits per heavy atom. The summed E-state index contributed by atoms with van der Waals surface area (Å²) in [5.74, 6) is 6.38. The Morgan fingerprint density at radius 1 is 1.15 bits per heavy atom. The highest BCUT2D eigenvalue weighted by atomic mass is 32.2. The van der Waals surface area contributed by atoms with Crippen LogP contribution in [0.15, 0.2) is 53.7 Å². The summed E-state index contributed by atoms with van der Waals surface area (Å²) in [6.45, 7) is 0. The molecular formula is C16H12F3N5O2S. The summed E-state index contributed by atoms with van der Waals surface area (Å²) in [6, 6.07) is 11.5. The molecule has 11 heteroatoms. The van der Waals surface area contributed by atoms with Gasteiger partial charge in [-0.15, -0.1) is 10.2 Å². The van der Waals surface area contributed by atoms with Gasteiger partial charge in [-0.25, -0.2) is 4.68 Å². The largest absolute Gasteiger partial charge is 0.416 e. The van der Waals surface area contributed by atoms with Crippen molar-refractivity contribution in [3.63, 3.8) is 0 Å². The Labute approximate surface area is 155 Å². The quantitative estimate of drug-likeness (QED) is 0.305. The Kier molecular flexibility index (Phi) is 5.04. The molecule has 0 saturated carbocycles. The molecule has 1 heterocycles. The van der Waals surface area contributed by atoms with Crippen LogP contribution in [0.1, 0.15) is 11.1 Å². The molecule has 0 unspecified atom stereocenters. The van der Waals surface area contributed by atoms with Crippen LogP contribution in [-0.2, 0) is 11.9 Å². The molecule has 0 atom stereocenters. The van der Waals surface area contributed by atoms with Crippen molar-refractivity contribution in [3.8, 4) is 11.4 Å². The van der Waals surface area contributed by atoms with E-state index in [1.54, 1.807) is 12.1 Å². The molecule has 0 radical (unpaired) electrons. The first-order chi connectivity index (χ1) is 12.8. The minimum absolute atomic E-state index is 0.0125. The fourth-order valence-electron chi connectivity index (χ4n) is 2.33. The van der Waals surface area contributed by atoms with Crippen LogP contribution in [0.3, 0.4) is 0 Å². The van der Waals surface area contributed by atoms with Gasteiger partial charge in [-0.2, -0.15) is 13.2 Å². The van der Waals surface area contributed by atoms with Crippen molar-refractivity contribution < 1.29 is 18.1 Å². The zero-order chi connectivity index (χ0) is 19.6. The smallest absolute Gasteiger partial charge is 0.335 e. The first-order valence-electron chi connectivity index (χ1n) is 7.50. The standard InChI is InChI=1S/C16H12F3N5O2S/c17-16(18,19)12-7-6-11(13(8-12)24(25)26)9-27-15-22-21-14(23(15)20)10-4-2-1-3-5-10/h1-8H,9,20H2. The van der Waals surface area contributed by atoms with Crippen LogP contribution in [0.25, 0.3) is 11.4 Å². The first-order valence-corrected chi connectivity index (χ1v) is 8.49. The van der Waals surface area contributed by atoms with Gasteiger partial charge < -0.3 is 5.84 Å². The number of benzene rings is 2. The number of nitrogens with two attached hydrogens (primary N) is 1. The summed E-state index contributed by atoms with van der Waals surface area (Å²) in [5, 5.41) is 19.3. The van der Waals surface area contributed by atoms with E-state index < -0.39 is 22.4 Å². The first kappa shape index (κ1) is 18.7. The molecule has 0 bridgehead atoms. The van der Waals surface area contributed by atoms with Crippen LogP contribution in [0.4, 0.5) is 18.9 Å². The number of nitrogens with zero attached hydrogens (tertiary/aromatic N) is 4. The van der Waals surface area contributed by atoms with Gasteiger partial charge in [0.1, 0.15) is 0 Å². The minimum Gasteiger partial charge on any atom is -0.335 e. The van der Waals surface area contributed by atoms with Gasteiger partial charge in [-0.3, -0.25) is 10.1 Å². The number of nitrogen functional groups attached to an aromatic ring is 1. The third-order valence-corrected chi connectivity index (χ3v) is 4.65. The average molecular weight is 395 g/mol. The molecule has 1 aromatic heterocycles. The summed E-state index contributed by atoms with van der Waals surface area (Å²) in [5.41, 5.74) is -0.817. The summed E-state index contributed by atoms with van der Waals surface area (Å²) in [7, 11) is 0. The Balaban J connectivity index is 1.83. The maximum atomic E-state index is 12.8. The van der Waals surface area contributed by atoms with Gasteiger partial charge in [0.05, 0.1) is 10.5 Å². The monoisotopic (exact) mass is 395 g/mol. The van der Waals surface area contributed by atoms with E-state index in [4.69, 9.17) is 5.84 Å². The molecule has 0 amide bonds. The van der Waals surface area contributed by atoms with Gasteiger partial charge in [0.2, 0.25) is 5.16 Å². The van der Waals surface area contributed by atoms with Gasteiger partial charge in [0.15, 0.2) is 5.82 Å². The lowest BCUT2D eigenvalue weighted by Crippen LogP contribution is -2.11. The predicted octanol–water partition coefficient (Wildman–Crippen LogP) is 3.88. The summed E-state index contributed by atoms with van der Waals surface area (Å²) >= 11 is 1.04. The van der Waals surface area contributed by atoms with Crippen LogP contribution in [0.5, 0.6) is 0 Å². The second-order valence-electron chi connectivity index (χ2n) is 5.43. The molecule has 140 valence electrons. The average Bonchev–Trinajstić information content (AvgIpc) is 3.00. The Morgan fingerprint density at radius 3 is 2.48 bits per heavy atom. The van der Waals surface area contributed by atoms with Crippen molar-refractivity contribution in [2.24, 2.45) is 0 Å². The maximum absolute atomic E-state index is 12.8. The van der Waals surface area contributed by atoms with E-state index in [-0.39, 0.29) is 16.5 Å².